The maximum absolute atomic E-state index is 5.95. The van der Waals surface area contributed by atoms with Gasteiger partial charge < -0.3 is 10.1 Å². The van der Waals surface area contributed by atoms with Crippen molar-refractivity contribution in [1.29, 1.82) is 0 Å². The van der Waals surface area contributed by atoms with Gasteiger partial charge in [0.05, 0.1) is 0 Å². The number of ether oxygens (including phenoxy) is 1. The number of nitrogens with one attached hydrogen (secondary N) is 1. The lowest BCUT2D eigenvalue weighted by Crippen LogP contribution is -2.09. The van der Waals surface area contributed by atoms with Gasteiger partial charge in [-0.2, -0.15) is 0 Å². The van der Waals surface area contributed by atoms with E-state index in [1.54, 1.807) is 0 Å². The minimum Gasteiger partial charge on any atom is -0.489 e. The van der Waals surface area contributed by atoms with E-state index in [1.165, 1.54) is 22.3 Å². The van der Waals surface area contributed by atoms with Crippen LogP contribution in [0.1, 0.15) is 22.3 Å². The first kappa shape index (κ1) is 15.1. The Labute approximate surface area is 129 Å². The number of aryl methyl sites for hydroxylation is 2. The molecule has 0 fully saturated rings. The highest BCUT2D eigenvalue weighted by atomic mass is 79.9. The number of benzene rings is 2. The van der Waals surface area contributed by atoms with E-state index < -0.39 is 0 Å². The van der Waals surface area contributed by atoms with E-state index in [9.17, 15) is 0 Å². The molecule has 0 bridgehead atoms. The highest BCUT2D eigenvalue weighted by Gasteiger charge is 2.05. The van der Waals surface area contributed by atoms with Gasteiger partial charge in [-0.25, -0.2) is 0 Å². The van der Waals surface area contributed by atoms with Crippen molar-refractivity contribution < 1.29 is 4.74 Å². The number of hydrogen-bond acceptors (Lipinski definition) is 2. The molecule has 0 spiro atoms. The van der Waals surface area contributed by atoms with Crippen LogP contribution in [0, 0.1) is 13.8 Å². The minimum absolute atomic E-state index is 0.596. The molecule has 0 heterocycles. The molecule has 1 N–H and O–H groups in total. The Morgan fingerprint density at radius 1 is 1.05 bits per heavy atom. The maximum Gasteiger partial charge on any atom is 0.120 e. The summed E-state index contributed by atoms with van der Waals surface area (Å²) in [5.41, 5.74) is 4.90. The molecular formula is C17H20BrNO. The molecule has 2 nitrogen and oxygen atoms in total. The van der Waals surface area contributed by atoms with Crippen LogP contribution in [0.5, 0.6) is 5.75 Å². The first-order chi connectivity index (χ1) is 9.61. The first-order valence-electron chi connectivity index (χ1n) is 6.72. The van der Waals surface area contributed by atoms with Gasteiger partial charge in [0.15, 0.2) is 0 Å². The lowest BCUT2D eigenvalue weighted by molar-refractivity contribution is 0.304. The molecule has 106 valence electrons. The van der Waals surface area contributed by atoms with Crippen LogP contribution in [0.3, 0.4) is 0 Å². The molecule has 2 aromatic rings. The largest absolute Gasteiger partial charge is 0.489 e. The average Bonchev–Trinajstić information content (AvgIpc) is 2.44. The third-order valence-corrected chi connectivity index (χ3v) is 4.54. The SMILES string of the molecule is CNCc1ccccc1COc1cc(C)c(Br)c(C)c1. The van der Waals surface area contributed by atoms with Gasteiger partial charge in [-0.1, -0.05) is 40.2 Å². The fourth-order valence-corrected chi connectivity index (χ4v) is 2.44. The van der Waals surface area contributed by atoms with Crippen LogP contribution in [0.4, 0.5) is 0 Å². The van der Waals surface area contributed by atoms with E-state index in [0.717, 1.165) is 16.8 Å². The van der Waals surface area contributed by atoms with Crippen molar-refractivity contribution in [2.24, 2.45) is 0 Å². The van der Waals surface area contributed by atoms with Crippen LogP contribution in [0.25, 0.3) is 0 Å². The molecule has 20 heavy (non-hydrogen) atoms. The summed E-state index contributed by atoms with van der Waals surface area (Å²) in [6, 6.07) is 12.5. The third-order valence-electron chi connectivity index (χ3n) is 3.29. The van der Waals surface area contributed by atoms with Gasteiger partial charge >= 0.3 is 0 Å². The lowest BCUT2D eigenvalue weighted by atomic mass is 10.1. The van der Waals surface area contributed by atoms with Gasteiger partial charge in [0.1, 0.15) is 12.4 Å². The van der Waals surface area contributed by atoms with E-state index in [0.29, 0.717) is 6.61 Å². The Morgan fingerprint density at radius 3 is 2.25 bits per heavy atom. The van der Waals surface area contributed by atoms with Crippen molar-refractivity contribution >= 4 is 15.9 Å². The molecule has 0 aliphatic carbocycles. The first-order valence-corrected chi connectivity index (χ1v) is 7.52. The van der Waals surface area contributed by atoms with Crippen molar-refractivity contribution in [2.75, 3.05) is 7.05 Å². The standard InChI is InChI=1S/C17H20BrNO/c1-12-8-16(9-13(2)17(12)18)20-11-15-7-5-4-6-14(15)10-19-3/h4-9,19H,10-11H2,1-3H3. The zero-order valence-electron chi connectivity index (χ0n) is 12.2. The number of halogens is 1. The van der Waals surface area contributed by atoms with E-state index in [-0.39, 0.29) is 0 Å². The summed E-state index contributed by atoms with van der Waals surface area (Å²) in [6.07, 6.45) is 0. The molecule has 0 aliphatic rings. The summed E-state index contributed by atoms with van der Waals surface area (Å²) < 4.78 is 7.10. The zero-order chi connectivity index (χ0) is 14.5. The predicted octanol–water partition coefficient (Wildman–Crippen LogP) is 4.36. The molecule has 0 radical (unpaired) electrons. The molecule has 3 heteroatoms. The summed E-state index contributed by atoms with van der Waals surface area (Å²) in [4.78, 5) is 0. The molecule has 2 aromatic carbocycles. The second-order valence-corrected chi connectivity index (χ2v) is 5.75. The van der Waals surface area contributed by atoms with Crippen LogP contribution in [0.2, 0.25) is 0 Å². The summed E-state index contributed by atoms with van der Waals surface area (Å²) >= 11 is 3.58. The molecule has 0 unspecified atom stereocenters. The lowest BCUT2D eigenvalue weighted by Gasteiger charge is -2.13. The van der Waals surface area contributed by atoms with Crippen molar-refractivity contribution in [2.45, 2.75) is 27.0 Å². The van der Waals surface area contributed by atoms with Gasteiger partial charge in [-0.15, -0.1) is 0 Å². The van der Waals surface area contributed by atoms with Crippen LogP contribution >= 0.6 is 15.9 Å². The van der Waals surface area contributed by atoms with Crippen molar-refractivity contribution in [3.05, 3.63) is 63.1 Å². The molecule has 0 atom stereocenters. The Kier molecular flexibility index (Phi) is 5.21. The van der Waals surface area contributed by atoms with Crippen molar-refractivity contribution in [3.8, 4) is 5.75 Å². The smallest absolute Gasteiger partial charge is 0.120 e. The summed E-state index contributed by atoms with van der Waals surface area (Å²) in [7, 11) is 1.96. The number of hydrogen-bond donors (Lipinski definition) is 1. The average molecular weight is 334 g/mol. The Hall–Kier alpha value is -1.32. The van der Waals surface area contributed by atoms with Crippen LogP contribution in [-0.4, -0.2) is 7.05 Å². The fourth-order valence-electron chi connectivity index (χ4n) is 2.21. The highest BCUT2D eigenvalue weighted by molar-refractivity contribution is 9.10. The summed E-state index contributed by atoms with van der Waals surface area (Å²) in [5.74, 6) is 0.919. The van der Waals surface area contributed by atoms with E-state index in [4.69, 9.17) is 4.74 Å². The Morgan fingerprint density at radius 2 is 1.65 bits per heavy atom. The normalized spacial score (nSPS) is 10.6. The van der Waals surface area contributed by atoms with E-state index >= 15 is 0 Å². The molecule has 0 amide bonds. The molecule has 0 saturated carbocycles. The molecular weight excluding hydrogens is 314 g/mol. The second-order valence-electron chi connectivity index (χ2n) is 4.96. The van der Waals surface area contributed by atoms with E-state index in [1.807, 2.05) is 7.05 Å². The molecule has 0 aliphatic heterocycles. The topological polar surface area (TPSA) is 21.3 Å². The summed E-state index contributed by atoms with van der Waals surface area (Å²) in [5, 5.41) is 3.19. The summed E-state index contributed by atoms with van der Waals surface area (Å²) in [6.45, 7) is 5.62. The minimum atomic E-state index is 0.596. The second kappa shape index (κ2) is 6.91. The van der Waals surface area contributed by atoms with Crippen molar-refractivity contribution in [1.82, 2.24) is 5.32 Å². The maximum atomic E-state index is 5.95. The van der Waals surface area contributed by atoms with Crippen LogP contribution < -0.4 is 10.1 Å². The van der Waals surface area contributed by atoms with Gasteiger partial charge in [-0.3, -0.25) is 0 Å². The van der Waals surface area contributed by atoms with E-state index in [2.05, 4.69) is 71.5 Å². The van der Waals surface area contributed by atoms with Crippen LogP contribution in [0.15, 0.2) is 40.9 Å². The van der Waals surface area contributed by atoms with Gasteiger partial charge in [0, 0.05) is 11.0 Å². The van der Waals surface area contributed by atoms with Gasteiger partial charge in [0.2, 0.25) is 0 Å². The van der Waals surface area contributed by atoms with Crippen LogP contribution in [-0.2, 0) is 13.2 Å². The molecule has 0 saturated heterocycles. The highest BCUT2D eigenvalue weighted by Crippen LogP contribution is 2.27. The fraction of sp³-hybridized carbons (Fsp3) is 0.294. The molecule has 2 rings (SSSR count). The monoisotopic (exact) mass is 333 g/mol. The zero-order valence-corrected chi connectivity index (χ0v) is 13.8. The molecule has 0 aromatic heterocycles. The third kappa shape index (κ3) is 3.62. The van der Waals surface area contributed by atoms with Gasteiger partial charge in [0.25, 0.3) is 0 Å². The van der Waals surface area contributed by atoms with Gasteiger partial charge in [-0.05, 0) is 55.3 Å². The van der Waals surface area contributed by atoms with Crippen molar-refractivity contribution in [3.63, 3.8) is 0 Å². The Bertz CT molecular complexity index is 572. The Balaban J connectivity index is 2.13. The predicted molar refractivity (Wildman–Crippen MR) is 87.2 cm³/mol. The quantitative estimate of drug-likeness (QED) is 0.877. The number of rotatable bonds is 5.